The number of aromatic nitrogens is 3. The molecule has 0 fully saturated rings. The van der Waals surface area contributed by atoms with Gasteiger partial charge in [0.2, 0.25) is 0 Å². The lowest BCUT2D eigenvalue weighted by molar-refractivity contribution is 0.0642. The van der Waals surface area contributed by atoms with Crippen molar-refractivity contribution in [3.8, 4) is 0 Å². The van der Waals surface area contributed by atoms with E-state index in [4.69, 9.17) is 0 Å². The third-order valence-electron chi connectivity index (χ3n) is 4.43. The number of rotatable bonds is 5. The molecule has 23 heavy (non-hydrogen) atoms. The van der Waals surface area contributed by atoms with Crippen molar-refractivity contribution in [1.82, 2.24) is 19.7 Å². The molecule has 3 rings (SSSR count). The van der Waals surface area contributed by atoms with E-state index in [0.29, 0.717) is 25.1 Å². The van der Waals surface area contributed by atoms with Gasteiger partial charge in [-0.1, -0.05) is 32.0 Å². The molecule has 1 N–H and O–H groups in total. The summed E-state index contributed by atoms with van der Waals surface area (Å²) in [5.74, 6) is 1.72. The number of halogens is 1. The quantitative estimate of drug-likeness (QED) is 0.914. The highest BCUT2D eigenvalue weighted by atomic mass is 19.1. The molecule has 0 bridgehead atoms. The maximum atomic E-state index is 13.8. The summed E-state index contributed by atoms with van der Waals surface area (Å²) in [6.07, 6.45) is 0.122. The minimum absolute atomic E-state index is 0.206. The Labute approximate surface area is 135 Å². The maximum absolute atomic E-state index is 13.8. The lowest BCUT2D eigenvalue weighted by Gasteiger charge is -2.30. The fourth-order valence-corrected chi connectivity index (χ4v) is 2.84. The van der Waals surface area contributed by atoms with Gasteiger partial charge >= 0.3 is 0 Å². The minimum atomic E-state index is -0.331. The van der Waals surface area contributed by atoms with Crippen LogP contribution in [0.3, 0.4) is 0 Å². The Bertz CT molecular complexity index is 670. The van der Waals surface area contributed by atoms with Crippen molar-refractivity contribution in [3.05, 3.63) is 47.3 Å². The fourth-order valence-electron chi connectivity index (χ4n) is 2.84. The van der Waals surface area contributed by atoms with Crippen LogP contribution in [-0.2, 0) is 19.5 Å². The summed E-state index contributed by atoms with van der Waals surface area (Å²) < 4.78 is 15.9. The average Bonchev–Trinajstić information content (AvgIpc) is 2.92. The molecule has 1 aromatic carbocycles. The van der Waals surface area contributed by atoms with Gasteiger partial charge in [-0.05, 0) is 17.5 Å². The number of aliphatic hydroxyl groups excluding tert-OH is 1. The van der Waals surface area contributed by atoms with Gasteiger partial charge in [0.15, 0.2) is 0 Å². The topological polar surface area (TPSA) is 54.2 Å². The van der Waals surface area contributed by atoms with E-state index < -0.39 is 0 Å². The van der Waals surface area contributed by atoms with Crippen molar-refractivity contribution in [2.75, 3.05) is 13.1 Å². The Kier molecular flexibility index (Phi) is 4.73. The van der Waals surface area contributed by atoms with E-state index in [0.717, 1.165) is 24.7 Å². The molecule has 1 aromatic heterocycles. The zero-order valence-electron chi connectivity index (χ0n) is 13.6. The molecule has 2 aromatic rings. The molecule has 0 saturated carbocycles. The first-order valence-corrected chi connectivity index (χ1v) is 8.09. The van der Waals surface area contributed by atoms with Crippen LogP contribution in [0.5, 0.6) is 0 Å². The van der Waals surface area contributed by atoms with Gasteiger partial charge in [-0.2, -0.15) is 0 Å². The Morgan fingerprint density at radius 2 is 2.00 bits per heavy atom. The van der Waals surface area contributed by atoms with Crippen LogP contribution in [0.15, 0.2) is 24.3 Å². The number of nitrogens with zero attached hydrogens (tertiary/aromatic N) is 4. The Morgan fingerprint density at radius 1 is 1.22 bits per heavy atom. The Balaban J connectivity index is 1.70. The third kappa shape index (κ3) is 3.59. The molecular formula is C17H23FN4O. The zero-order chi connectivity index (χ0) is 16.4. The molecule has 2 heterocycles. The molecule has 1 atom stereocenters. The predicted octanol–water partition coefficient (Wildman–Crippen LogP) is 1.84. The van der Waals surface area contributed by atoms with E-state index in [-0.39, 0.29) is 17.8 Å². The van der Waals surface area contributed by atoms with Crippen molar-refractivity contribution >= 4 is 0 Å². The second-order valence-electron chi connectivity index (χ2n) is 6.50. The lowest BCUT2D eigenvalue weighted by atomic mass is 10.1. The summed E-state index contributed by atoms with van der Waals surface area (Å²) in [7, 11) is 0. The number of fused-ring (bicyclic) bond motifs is 1. The second kappa shape index (κ2) is 6.76. The predicted molar refractivity (Wildman–Crippen MR) is 85.3 cm³/mol. The summed E-state index contributed by atoms with van der Waals surface area (Å²) in [6, 6.07) is 6.78. The minimum Gasteiger partial charge on any atom is -0.392 e. The standard InChI is InChI=1S/C17H23FN4O/c1-12(2)15(23)10-21-7-8-22-16(19-20-17(22)11-21)9-13-5-3-4-6-14(13)18/h3-6,12,15,23H,7-11H2,1-2H3. The van der Waals surface area contributed by atoms with E-state index >= 15 is 0 Å². The van der Waals surface area contributed by atoms with Crippen LogP contribution in [0.4, 0.5) is 4.39 Å². The Hall–Kier alpha value is -1.79. The SMILES string of the molecule is CC(C)C(O)CN1CCn2c(Cc3ccccc3F)nnc2C1. The van der Waals surface area contributed by atoms with Gasteiger partial charge in [0.1, 0.15) is 17.5 Å². The number of benzene rings is 1. The average molecular weight is 318 g/mol. The number of hydrogen-bond acceptors (Lipinski definition) is 4. The lowest BCUT2D eigenvalue weighted by Crippen LogP contribution is -2.40. The second-order valence-corrected chi connectivity index (χ2v) is 6.50. The largest absolute Gasteiger partial charge is 0.392 e. The van der Waals surface area contributed by atoms with Gasteiger partial charge in [-0.15, -0.1) is 10.2 Å². The highest BCUT2D eigenvalue weighted by molar-refractivity contribution is 5.21. The van der Waals surface area contributed by atoms with Crippen molar-refractivity contribution in [2.45, 2.75) is 39.5 Å². The van der Waals surface area contributed by atoms with E-state index in [9.17, 15) is 9.50 Å². The molecule has 0 spiro atoms. The van der Waals surface area contributed by atoms with Gasteiger partial charge in [-0.25, -0.2) is 4.39 Å². The monoisotopic (exact) mass is 318 g/mol. The van der Waals surface area contributed by atoms with Crippen LogP contribution in [0.1, 0.15) is 31.1 Å². The van der Waals surface area contributed by atoms with Crippen molar-refractivity contribution in [2.24, 2.45) is 5.92 Å². The number of aliphatic hydroxyl groups is 1. The van der Waals surface area contributed by atoms with Crippen molar-refractivity contribution in [3.63, 3.8) is 0 Å². The van der Waals surface area contributed by atoms with E-state index in [1.165, 1.54) is 6.07 Å². The summed E-state index contributed by atoms with van der Waals surface area (Å²) >= 11 is 0. The normalized spacial score (nSPS) is 16.6. The summed E-state index contributed by atoms with van der Waals surface area (Å²) in [5.41, 5.74) is 0.639. The summed E-state index contributed by atoms with van der Waals surface area (Å²) in [4.78, 5) is 2.20. The highest BCUT2D eigenvalue weighted by Crippen LogP contribution is 2.17. The van der Waals surface area contributed by atoms with Crippen LogP contribution in [0.2, 0.25) is 0 Å². The molecule has 1 unspecified atom stereocenters. The van der Waals surface area contributed by atoms with Crippen LogP contribution in [-0.4, -0.2) is 44.0 Å². The van der Waals surface area contributed by atoms with Crippen molar-refractivity contribution < 1.29 is 9.50 Å². The van der Waals surface area contributed by atoms with Gasteiger partial charge in [-0.3, -0.25) is 4.90 Å². The maximum Gasteiger partial charge on any atom is 0.147 e. The molecule has 124 valence electrons. The van der Waals surface area contributed by atoms with Crippen LogP contribution >= 0.6 is 0 Å². The third-order valence-corrected chi connectivity index (χ3v) is 4.43. The molecular weight excluding hydrogens is 295 g/mol. The van der Waals surface area contributed by atoms with Crippen LogP contribution < -0.4 is 0 Å². The summed E-state index contributed by atoms with van der Waals surface area (Å²) in [5, 5.41) is 18.5. The first-order valence-electron chi connectivity index (χ1n) is 8.09. The molecule has 0 amide bonds. The molecule has 6 heteroatoms. The molecule has 0 saturated heterocycles. The molecule has 0 aliphatic carbocycles. The van der Waals surface area contributed by atoms with Crippen LogP contribution in [0, 0.1) is 11.7 Å². The van der Waals surface area contributed by atoms with E-state index in [1.54, 1.807) is 12.1 Å². The Morgan fingerprint density at radius 3 is 2.74 bits per heavy atom. The van der Waals surface area contributed by atoms with Gasteiger partial charge in [0.25, 0.3) is 0 Å². The molecule has 5 nitrogen and oxygen atoms in total. The van der Waals surface area contributed by atoms with Crippen molar-refractivity contribution in [1.29, 1.82) is 0 Å². The van der Waals surface area contributed by atoms with E-state index in [1.807, 2.05) is 19.9 Å². The smallest absolute Gasteiger partial charge is 0.147 e. The zero-order valence-corrected chi connectivity index (χ0v) is 13.6. The molecule has 1 aliphatic rings. The molecule has 1 aliphatic heterocycles. The van der Waals surface area contributed by atoms with Crippen LogP contribution in [0.25, 0.3) is 0 Å². The molecule has 0 radical (unpaired) electrons. The van der Waals surface area contributed by atoms with Gasteiger partial charge in [0.05, 0.1) is 12.6 Å². The van der Waals surface area contributed by atoms with Gasteiger partial charge in [0, 0.05) is 26.1 Å². The summed E-state index contributed by atoms with van der Waals surface area (Å²) in [6.45, 7) is 6.98. The number of hydrogen-bond donors (Lipinski definition) is 1. The van der Waals surface area contributed by atoms with Gasteiger partial charge < -0.3 is 9.67 Å². The number of β-amino-alcohol motifs (C(OH)–C–C–N with tert-alkyl or cyclic N) is 1. The fraction of sp³-hybridized carbons (Fsp3) is 0.529. The first kappa shape index (κ1) is 16.1. The first-order chi connectivity index (χ1) is 11.0. The van der Waals surface area contributed by atoms with E-state index in [2.05, 4.69) is 19.7 Å². The highest BCUT2D eigenvalue weighted by Gasteiger charge is 2.23.